The van der Waals surface area contributed by atoms with Gasteiger partial charge in [-0.1, -0.05) is 32.0 Å². The molecule has 2 aromatic heterocycles. The molecule has 11 nitrogen and oxygen atoms in total. The predicted octanol–water partition coefficient (Wildman–Crippen LogP) is 5.36. The number of nitrogens with zero attached hydrogens (tertiary/aromatic N) is 1. The monoisotopic (exact) mass is 659 g/mol. The second-order valence-corrected chi connectivity index (χ2v) is 14.1. The molecule has 1 aliphatic heterocycles. The number of ether oxygens (including phenoxy) is 4. The number of aromatic nitrogens is 1. The summed E-state index contributed by atoms with van der Waals surface area (Å²) < 4.78 is 30.3. The zero-order chi connectivity index (χ0) is 34.6. The lowest BCUT2D eigenvalue weighted by molar-refractivity contribution is -0.266. The third-order valence-electron chi connectivity index (χ3n) is 11.0. The molecule has 3 unspecified atom stereocenters. The van der Waals surface area contributed by atoms with Crippen molar-refractivity contribution in [3.63, 3.8) is 0 Å². The van der Waals surface area contributed by atoms with Crippen LogP contribution in [0.25, 0.3) is 11.3 Å². The van der Waals surface area contributed by atoms with E-state index in [1.807, 2.05) is 32.9 Å². The molecular formula is C37H41NO10. The molecule has 0 spiro atoms. The molecule has 11 heteroatoms. The standard InChI is InChI=1S/C37H41NO10/c1-20-10-7-8-12-24(20)33(42)47-29-17-27-35(4,14-13-28(45-22(3)40)36(27,5)19-44-21(2)39)32-31(41)30-26(48-37(29,32)6)16-25(46-34(30)43)23-11-9-15-38-18-23/h7-12,15-16,18,27-29,31-32,41H,13-14,17,19H2,1-6H3/t27?,28-,29-,31-,32?,35-,36?,37+/m0/s1. The molecule has 1 aromatic carbocycles. The van der Waals surface area contributed by atoms with Crippen LogP contribution in [0.2, 0.25) is 0 Å². The first-order valence-corrected chi connectivity index (χ1v) is 16.2. The maximum atomic E-state index is 13.8. The Morgan fingerprint density at radius 1 is 1.02 bits per heavy atom. The maximum Gasteiger partial charge on any atom is 0.345 e. The molecule has 0 saturated heterocycles. The summed E-state index contributed by atoms with van der Waals surface area (Å²) in [5.74, 6) is -2.42. The third-order valence-corrected chi connectivity index (χ3v) is 11.0. The Morgan fingerprint density at radius 2 is 1.77 bits per heavy atom. The van der Waals surface area contributed by atoms with Gasteiger partial charge in [0.25, 0.3) is 0 Å². The first-order chi connectivity index (χ1) is 22.7. The van der Waals surface area contributed by atoms with Gasteiger partial charge in [0.2, 0.25) is 0 Å². The number of aryl methyl sites for hydroxylation is 1. The van der Waals surface area contributed by atoms with Gasteiger partial charge in [-0.3, -0.25) is 14.6 Å². The molecule has 0 amide bonds. The quantitative estimate of drug-likeness (QED) is 0.269. The molecule has 48 heavy (non-hydrogen) atoms. The van der Waals surface area contributed by atoms with Crippen LogP contribution in [0.15, 0.2) is 64.1 Å². The Balaban J connectivity index is 1.51. The Bertz CT molecular complexity index is 1800. The number of benzene rings is 1. The highest BCUT2D eigenvalue weighted by Crippen LogP contribution is 2.67. The highest BCUT2D eigenvalue weighted by Gasteiger charge is 2.71. The third kappa shape index (κ3) is 5.47. The van der Waals surface area contributed by atoms with Crippen molar-refractivity contribution in [3.8, 4) is 17.1 Å². The van der Waals surface area contributed by atoms with E-state index in [0.29, 0.717) is 24.0 Å². The van der Waals surface area contributed by atoms with Gasteiger partial charge >= 0.3 is 23.5 Å². The van der Waals surface area contributed by atoms with Gasteiger partial charge in [0.15, 0.2) is 0 Å². The van der Waals surface area contributed by atoms with Crippen molar-refractivity contribution in [2.75, 3.05) is 6.61 Å². The highest BCUT2D eigenvalue weighted by molar-refractivity contribution is 5.91. The molecule has 3 aromatic rings. The number of aliphatic hydroxyl groups excluding tert-OH is 1. The van der Waals surface area contributed by atoms with Crippen molar-refractivity contribution in [2.45, 2.75) is 84.7 Å². The smallest absolute Gasteiger partial charge is 0.345 e. The van der Waals surface area contributed by atoms with Crippen molar-refractivity contribution in [1.82, 2.24) is 4.98 Å². The average Bonchev–Trinajstić information content (AvgIpc) is 3.02. The summed E-state index contributed by atoms with van der Waals surface area (Å²) in [6.45, 7) is 10.1. The van der Waals surface area contributed by atoms with Gasteiger partial charge in [0, 0.05) is 49.2 Å². The minimum Gasteiger partial charge on any atom is -0.482 e. The van der Waals surface area contributed by atoms with Crippen LogP contribution in [0.4, 0.5) is 0 Å². The van der Waals surface area contributed by atoms with Crippen molar-refractivity contribution < 1.29 is 42.9 Å². The molecular weight excluding hydrogens is 618 g/mol. The second-order valence-electron chi connectivity index (χ2n) is 14.1. The second kappa shape index (κ2) is 12.2. The molecule has 2 fully saturated rings. The van der Waals surface area contributed by atoms with Crippen LogP contribution in [-0.4, -0.2) is 52.4 Å². The summed E-state index contributed by atoms with van der Waals surface area (Å²) in [5, 5.41) is 12.3. The zero-order valence-electron chi connectivity index (χ0n) is 28.0. The van der Waals surface area contributed by atoms with E-state index < -0.39 is 70.1 Å². The van der Waals surface area contributed by atoms with Crippen molar-refractivity contribution in [3.05, 3.63) is 82.0 Å². The Hall–Kier alpha value is -4.51. The lowest BCUT2D eigenvalue weighted by Gasteiger charge is -2.66. The Kier molecular flexibility index (Phi) is 8.47. The Morgan fingerprint density at radius 3 is 2.44 bits per heavy atom. The summed E-state index contributed by atoms with van der Waals surface area (Å²) in [6.07, 6.45) is 1.30. The topological polar surface area (TPSA) is 151 Å². The number of carbonyl (C=O) groups excluding carboxylic acids is 3. The van der Waals surface area contributed by atoms with Gasteiger partial charge in [0.05, 0.1) is 11.7 Å². The fraction of sp³-hybridized carbons (Fsp3) is 0.486. The van der Waals surface area contributed by atoms with Gasteiger partial charge in [-0.2, -0.15) is 0 Å². The van der Waals surface area contributed by atoms with Gasteiger partial charge in [-0.05, 0) is 68.2 Å². The number of hydrogen-bond acceptors (Lipinski definition) is 11. The van der Waals surface area contributed by atoms with Crippen LogP contribution in [0, 0.1) is 29.6 Å². The lowest BCUT2D eigenvalue weighted by Crippen LogP contribution is -2.71. The first kappa shape index (κ1) is 33.4. The van der Waals surface area contributed by atoms with E-state index in [0.717, 1.165) is 5.56 Å². The fourth-order valence-electron chi connectivity index (χ4n) is 8.83. The number of pyridine rings is 1. The van der Waals surface area contributed by atoms with Crippen LogP contribution < -0.4 is 10.4 Å². The van der Waals surface area contributed by atoms with E-state index in [9.17, 15) is 24.3 Å². The van der Waals surface area contributed by atoms with Crippen LogP contribution in [0.5, 0.6) is 5.75 Å². The van der Waals surface area contributed by atoms with Crippen LogP contribution in [0.1, 0.15) is 81.5 Å². The Labute approximate surface area is 278 Å². The minimum absolute atomic E-state index is 0.0280. The summed E-state index contributed by atoms with van der Waals surface area (Å²) in [7, 11) is 0. The van der Waals surface area contributed by atoms with Crippen molar-refractivity contribution >= 4 is 17.9 Å². The summed E-state index contributed by atoms with van der Waals surface area (Å²) >= 11 is 0. The molecule has 2 aliphatic carbocycles. The normalized spacial score (nSPS) is 32.0. The molecule has 6 rings (SSSR count). The number of hydrogen-bond donors (Lipinski definition) is 1. The zero-order valence-corrected chi connectivity index (χ0v) is 28.0. The van der Waals surface area contributed by atoms with E-state index in [4.69, 9.17) is 23.4 Å². The molecule has 3 heterocycles. The summed E-state index contributed by atoms with van der Waals surface area (Å²) in [5.41, 5.74) is -2.18. The van der Waals surface area contributed by atoms with E-state index in [1.54, 1.807) is 49.6 Å². The molecule has 0 bridgehead atoms. The van der Waals surface area contributed by atoms with Crippen molar-refractivity contribution in [2.24, 2.45) is 22.7 Å². The fourth-order valence-corrected chi connectivity index (χ4v) is 8.83. The summed E-state index contributed by atoms with van der Waals surface area (Å²) in [4.78, 5) is 56.0. The van der Waals surface area contributed by atoms with Gasteiger partial charge < -0.3 is 28.5 Å². The molecule has 8 atom stereocenters. The van der Waals surface area contributed by atoms with Gasteiger partial charge in [-0.15, -0.1) is 0 Å². The van der Waals surface area contributed by atoms with E-state index in [-0.39, 0.29) is 30.1 Å². The molecule has 1 N–H and O–H groups in total. The van der Waals surface area contributed by atoms with Crippen LogP contribution in [-0.2, 0) is 23.8 Å². The predicted molar refractivity (Wildman–Crippen MR) is 172 cm³/mol. The number of fused-ring (bicyclic) bond motifs is 4. The van der Waals surface area contributed by atoms with Crippen LogP contribution >= 0.6 is 0 Å². The van der Waals surface area contributed by atoms with Gasteiger partial charge in [-0.25, -0.2) is 9.59 Å². The van der Waals surface area contributed by atoms with Crippen LogP contribution in [0.3, 0.4) is 0 Å². The number of carbonyl (C=O) groups is 3. The van der Waals surface area contributed by atoms with E-state index in [2.05, 4.69) is 4.98 Å². The largest absolute Gasteiger partial charge is 0.482 e. The van der Waals surface area contributed by atoms with E-state index in [1.165, 1.54) is 13.8 Å². The number of esters is 3. The van der Waals surface area contributed by atoms with Crippen molar-refractivity contribution in [1.29, 1.82) is 0 Å². The maximum absolute atomic E-state index is 13.8. The minimum atomic E-state index is -1.38. The summed E-state index contributed by atoms with van der Waals surface area (Å²) in [6, 6.07) is 12.1. The lowest BCUT2D eigenvalue weighted by atomic mass is 9.42. The SMILES string of the molecule is CC(=O)OCC1(C)C2C[C@H](OC(=O)c3ccccc3C)[C@@]3(C)Oc4cc(-c5cccnc5)oc(=O)c4[C@H](O)C3[C@@]2(C)CC[C@@H]1OC(C)=O. The molecule has 2 saturated carbocycles. The molecule has 0 radical (unpaired) electrons. The highest BCUT2D eigenvalue weighted by atomic mass is 16.6. The van der Waals surface area contributed by atoms with Gasteiger partial charge in [0.1, 0.15) is 41.5 Å². The number of aliphatic hydroxyl groups is 1. The first-order valence-electron chi connectivity index (χ1n) is 16.2. The average molecular weight is 660 g/mol. The number of rotatable bonds is 6. The van der Waals surface area contributed by atoms with E-state index >= 15 is 0 Å². The molecule has 254 valence electrons. The molecule has 3 aliphatic rings.